The Morgan fingerprint density at radius 1 is 1.05 bits per heavy atom. The fraction of sp³-hybridized carbons (Fsp3) is 0.333. The number of halogens is 2. The lowest BCUT2D eigenvalue weighted by molar-refractivity contribution is 0.127. The zero-order valence-electron chi connectivity index (χ0n) is 21.8. The van der Waals surface area contributed by atoms with Gasteiger partial charge in [-0.25, -0.2) is 13.8 Å². The monoisotopic (exact) mass is 519 g/mol. The largest absolute Gasteiger partial charge is 0.440 e. The summed E-state index contributed by atoms with van der Waals surface area (Å²) in [6, 6.07) is 12.4. The van der Waals surface area contributed by atoms with Crippen LogP contribution in [-0.2, 0) is 4.74 Å². The highest BCUT2D eigenvalue weighted by molar-refractivity contribution is 5.77. The molecule has 1 aliphatic heterocycles. The fourth-order valence-electron chi connectivity index (χ4n) is 5.17. The number of benzene rings is 2. The lowest BCUT2D eigenvalue weighted by atomic mass is 9.97. The molecule has 6 nitrogen and oxygen atoms in total. The third-order valence-corrected chi connectivity index (χ3v) is 7.23. The van der Waals surface area contributed by atoms with E-state index in [1.54, 1.807) is 23.9 Å². The second kappa shape index (κ2) is 11.0. The Morgan fingerprint density at radius 2 is 1.79 bits per heavy atom. The van der Waals surface area contributed by atoms with Crippen LogP contribution >= 0.6 is 0 Å². The average molecular weight is 520 g/mol. The number of oxazole rings is 1. The molecule has 0 bridgehead atoms. The van der Waals surface area contributed by atoms with Gasteiger partial charge in [-0.05, 0) is 69.1 Å². The van der Waals surface area contributed by atoms with Gasteiger partial charge in [-0.1, -0.05) is 18.2 Å². The molecule has 4 aromatic rings. The van der Waals surface area contributed by atoms with Crippen LogP contribution in [0.5, 0.6) is 0 Å². The van der Waals surface area contributed by atoms with E-state index in [1.165, 1.54) is 18.2 Å². The predicted octanol–water partition coefficient (Wildman–Crippen LogP) is 5.88. The number of aryl methyl sites for hydroxylation is 2. The van der Waals surface area contributed by atoms with E-state index >= 15 is 0 Å². The molecule has 0 N–H and O–H groups in total. The van der Waals surface area contributed by atoms with Crippen molar-refractivity contribution in [3.05, 3.63) is 93.7 Å². The zero-order valence-corrected chi connectivity index (χ0v) is 21.8. The van der Waals surface area contributed by atoms with Crippen LogP contribution in [0.25, 0.3) is 28.3 Å². The molecule has 1 saturated heterocycles. The minimum absolute atomic E-state index is 0.0642. The van der Waals surface area contributed by atoms with E-state index in [2.05, 4.69) is 4.90 Å². The van der Waals surface area contributed by atoms with E-state index in [9.17, 15) is 13.6 Å². The number of likely N-dealkylation sites (tertiary alicyclic amines) is 1. The van der Waals surface area contributed by atoms with Crippen LogP contribution in [0.2, 0.25) is 0 Å². The third kappa shape index (κ3) is 5.19. The van der Waals surface area contributed by atoms with Gasteiger partial charge in [0.25, 0.3) is 5.56 Å². The molecule has 8 heteroatoms. The fourth-order valence-corrected chi connectivity index (χ4v) is 5.17. The van der Waals surface area contributed by atoms with Gasteiger partial charge in [0, 0.05) is 43.5 Å². The molecule has 1 fully saturated rings. The summed E-state index contributed by atoms with van der Waals surface area (Å²) >= 11 is 0. The molecule has 0 unspecified atom stereocenters. The normalized spacial score (nSPS) is 14.8. The third-order valence-electron chi connectivity index (χ3n) is 7.23. The van der Waals surface area contributed by atoms with Crippen LogP contribution in [0.4, 0.5) is 8.78 Å². The van der Waals surface area contributed by atoms with Crippen LogP contribution in [0.15, 0.2) is 63.9 Å². The number of rotatable bonds is 7. The molecule has 0 spiro atoms. The Labute approximate surface area is 220 Å². The van der Waals surface area contributed by atoms with Crippen molar-refractivity contribution in [3.63, 3.8) is 0 Å². The molecule has 198 valence electrons. The number of nitrogens with zero attached hydrogens (tertiary/aromatic N) is 3. The van der Waals surface area contributed by atoms with Gasteiger partial charge in [0.05, 0.1) is 17.9 Å². The molecule has 5 rings (SSSR count). The van der Waals surface area contributed by atoms with Crippen molar-refractivity contribution in [1.82, 2.24) is 14.5 Å². The first kappa shape index (κ1) is 26.0. The summed E-state index contributed by atoms with van der Waals surface area (Å²) in [5.41, 5.74) is 3.67. The van der Waals surface area contributed by atoms with E-state index in [0.29, 0.717) is 23.8 Å². The summed E-state index contributed by atoms with van der Waals surface area (Å²) < 4.78 is 41.7. The van der Waals surface area contributed by atoms with Crippen molar-refractivity contribution in [1.29, 1.82) is 0 Å². The molecule has 1 aliphatic rings. The molecule has 0 saturated carbocycles. The van der Waals surface area contributed by atoms with Crippen LogP contribution in [-0.4, -0.2) is 47.8 Å². The SMILES string of the molecule is COCCN1CCC(c2nc(-c3ccc(=O)n(-c4c(C)cccc4C)c3)c(-c3ccc(F)cc3F)o2)CC1. The van der Waals surface area contributed by atoms with E-state index in [0.717, 1.165) is 55.4 Å². The Balaban J connectivity index is 1.59. The van der Waals surface area contributed by atoms with Crippen molar-refractivity contribution in [3.8, 4) is 28.3 Å². The van der Waals surface area contributed by atoms with Crippen LogP contribution in [0, 0.1) is 25.5 Å². The van der Waals surface area contributed by atoms with Gasteiger partial charge >= 0.3 is 0 Å². The lowest BCUT2D eigenvalue weighted by Gasteiger charge is -2.30. The van der Waals surface area contributed by atoms with Gasteiger partial charge in [0.2, 0.25) is 0 Å². The maximum atomic E-state index is 15.0. The highest BCUT2D eigenvalue weighted by atomic mass is 19.1. The van der Waals surface area contributed by atoms with E-state index in [4.69, 9.17) is 14.1 Å². The second-order valence-corrected chi connectivity index (χ2v) is 9.83. The number of ether oxygens (including phenoxy) is 1. The zero-order chi connectivity index (χ0) is 26.8. The number of pyridine rings is 1. The Hall–Kier alpha value is -3.62. The summed E-state index contributed by atoms with van der Waals surface area (Å²) in [7, 11) is 1.70. The highest BCUT2D eigenvalue weighted by Crippen LogP contribution is 2.38. The van der Waals surface area contributed by atoms with Crippen LogP contribution in [0.3, 0.4) is 0 Å². The van der Waals surface area contributed by atoms with Gasteiger partial charge in [-0.2, -0.15) is 0 Å². The van der Waals surface area contributed by atoms with Gasteiger partial charge < -0.3 is 14.1 Å². The minimum Gasteiger partial charge on any atom is -0.440 e. The standard InChI is InChI=1S/C30H31F2N3O3/c1-19-5-4-6-20(2)28(19)35-18-22(7-10-26(35)36)27-29(24-9-8-23(31)17-25(24)32)38-30(33-27)21-11-13-34(14-12-21)15-16-37-3/h4-10,17-18,21H,11-16H2,1-3H3. The minimum atomic E-state index is -0.730. The molecular weight excluding hydrogens is 488 g/mol. The van der Waals surface area contributed by atoms with E-state index < -0.39 is 11.6 Å². The average Bonchev–Trinajstić information content (AvgIpc) is 3.34. The van der Waals surface area contributed by atoms with Crippen molar-refractivity contribution in [2.24, 2.45) is 0 Å². The number of hydrogen-bond acceptors (Lipinski definition) is 5. The molecule has 38 heavy (non-hydrogen) atoms. The van der Waals surface area contributed by atoms with Gasteiger partial charge in [-0.3, -0.25) is 9.36 Å². The maximum absolute atomic E-state index is 15.0. The Kier molecular flexibility index (Phi) is 7.53. The van der Waals surface area contributed by atoms with Crippen molar-refractivity contribution >= 4 is 0 Å². The number of hydrogen-bond donors (Lipinski definition) is 0. The molecule has 2 aromatic heterocycles. The number of aromatic nitrogens is 2. The van der Waals surface area contributed by atoms with Crippen LogP contribution in [0.1, 0.15) is 35.8 Å². The molecular formula is C30H31F2N3O3. The smallest absolute Gasteiger partial charge is 0.255 e. The molecule has 2 aromatic carbocycles. The predicted molar refractivity (Wildman–Crippen MR) is 143 cm³/mol. The highest BCUT2D eigenvalue weighted by Gasteiger charge is 2.28. The Morgan fingerprint density at radius 3 is 2.47 bits per heavy atom. The van der Waals surface area contributed by atoms with Crippen molar-refractivity contribution in [2.45, 2.75) is 32.6 Å². The second-order valence-electron chi connectivity index (χ2n) is 9.83. The molecule has 0 amide bonds. The summed E-state index contributed by atoms with van der Waals surface area (Å²) in [5.74, 6) is -0.582. The first-order valence-corrected chi connectivity index (χ1v) is 12.8. The summed E-state index contributed by atoms with van der Waals surface area (Å²) in [5, 5.41) is 0. The maximum Gasteiger partial charge on any atom is 0.255 e. The summed E-state index contributed by atoms with van der Waals surface area (Å²) in [6.45, 7) is 7.21. The molecule has 3 heterocycles. The first-order chi connectivity index (χ1) is 18.4. The lowest BCUT2D eigenvalue weighted by Crippen LogP contribution is -2.35. The molecule has 0 radical (unpaired) electrons. The van der Waals surface area contributed by atoms with E-state index in [-0.39, 0.29) is 22.8 Å². The van der Waals surface area contributed by atoms with Gasteiger partial charge in [0.1, 0.15) is 17.3 Å². The van der Waals surface area contributed by atoms with E-state index in [1.807, 2.05) is 32.0 Å². The first-order valence-electron chi connectivity index (χ1n) is 12.8. The number of methoxy groups -OCH3 is 1. The van der Waals surface area contributed by atoms with Crippen molar-refractivity contribution < 1.29 is 17.9 Å². The topological polar surface area (TPSA) is 60.5 Å². The van der Waals surface area contributed by atoms with Crippen molar-refractivity contribution in [2.75, 3.05) is 33.4 Å². The summed E-state index contributed by atoms with van der Waals surface area (Å²) in [6.07, 6.45) is 3.41. The number of piperidine rings is 1. The Bertz CT molecular complexity index is 1480. The molecule has 0 atom stereocenters. The quantitative estimate of drug-likeness (QED) is 0.305. The van der Waals surface area contributed by atoms with Gasteiger partial charge in [0.15, 0.2) is 11.7 Å². The summed E-state index contributed by atoms with van der Waals surface area (Å²) in [4.78, 5) is 20.1. The van der Waals surface area contributed by atoms with Gasteiger partial charge in [-0.15, -0.1) is 0 Å². The molecule has 0 aliphatic carbocycles. The van der Waals surface area contributed by atoms with Crippen LogP contribution < -0.4 is 5.56 Å². The number of para-hydroxylation sites is 1.